The Morgan fingerprint density at radius 3 is 2.90 bits per heavy atom. The molecule has 0 aliphatic carbocycles. The van der Waals surface area contributed by atoms with E-state index < -0.39 is 5.91 Å². The molecular weight excluding hydrogens is 254 g/mol. The zero-order chi connectivity index (χ0) is 14.8. The van der Waals surface area contributed by atoms with E-state index in [2.05, 4.69) is 30.7 Å². The molecule has 2 aromatic rings. The number of rotatable bonds is 4. The summed E-state index contributed by atoms with van der Waals surface area (Å²) in [7, 11) is 0. The van der Waals surface area contributed by atoms with E-state index in [-0.39, 0.29) is 5.41 Å². The van der Waals surface area contributed by atoms with Gasteiger partial charge >= 0.3 is 0 Å². The maximum atomic E-state index is 10.8. The number of carbonyl (C=O) groups excluding carboxylic acids is 1. The largest absolute Gasteiger partial charge is 0.491 e. The van der Waals surface area contributed by atoms with E-state index in [9.17, 15) is 4.79 Å². The first-order valence-electron chi connectivity index (χ1n) is 6.43. The minimum atomic E-state index is -0.479. The number of fused-ring (bicyclic) bond motifs is 1. The van der Waals surface area contributed by atoms with Gasteiger partial charge in [0, 0.05) is 23.2 Å². The Morgan fingerprint density at radius 2 is 2.25 bits per heavy atom. The van der Waals surface area contributed by atoms with E-state index in [4.69, 9.17) is 10.5 Å². The number of aromatic nitrogens is 2. The second kappa shape index (κ2) is 5.36. The summed E-state index contributed by atoms with van der Waals surface area (Å²) < 4.78 is 5.74. The van der Waals surface area contributed by atoms with Crippen molar-refractivity contribution in [1.82, 2.24) is 9.97 Å². The van der Waals surface area contributed by atoms with Crippen molar-refractivity contribution in [3.63, 3.8) is 0 Å². The quantitative estimate of drug-likeness (QED) is 0.840. The van der Waals surface area contributed by atoms with Gasteiger partial charge in [-0.2, -0.15) is 0 Å². The molecular formula is C15H19N3O2. The number of nitrogens with zero attached hydrogens (tertiary/aromatic N) is 1. The van der Waals surface area contributed by atoms with Crippen molar-refractivity contribution in [2.45, 2.75) is 20.8 Å². The summed E-state index contributed by atoms with van der Waals surface area (Å²) in [4.78, 5) is 18.1. The lowest BCUT2D eigenvalue weighted by atomic mass is 9.99. The van der Waals surface area contributed by atoms with E-state index in [0.717, 1.165) is 16.6 Å². The lowest BCUT2D eigenvalue weighted by Crippen LogP contribution is -2.16. The molecule has 0 fully saturated rings. The second-order valence-electron chi connectivity index (χ2n) is 5.90. The molecule has 0 atom stereocenters. The Balaban J connectivity index is 2.27. The molecule has 0 spiro atoms. The number of pyridine rings is 1. The molecule has 0 aromatic carbocycles. The molecule has 0 aliphatic rings. The molecule has 0 radical (unpaired) electrons. The van der Waals surface area contributed by atoms with Crippen LogP contribution in [0.4, 0.5) is 0 Å². The van der Waals surface area contributed by atoms with E-state index in [1.54, 1.807) is 18.5 Å². The molecule has 5 heteroatoms. The number of hydrogen-bond donors (Lipinski definition) is 2. The third-order valence-corrected chi connectivity index (χ3v) is 2.64. The molecule has 3 N–H and O–H groups in total. The summed E-state index contributed by atoms with van der Waals surface area (Å²) in [5, 5.41) is 0.897. The van der Waals surface area contributed by atoms with Gasteiger partial charge in [-0.25, -0.2) is 4.98 Å². The maximum absolute atomic E-state index is 10.8. The van der Waals surface area contributed by atoms with Crippen LogP contribution in [-0.4, -0.2) is 22.5 Å². The van der Waals surface area contributed by atoms with Crippen LogP contribution in [0.15, 0.2) is 24.5 Å². The number of hydrogen-bond acceptors (Lipinski definition) is 3. The number of nitrogens with two attached hydrogens (primary N) is 1. The van der Waals surface area contributed by atoms with E-state index in [0.29, 0.717) is 12.4 Å². The van der Waals surface area contributed by atoms with Gasteiger partial charge in [0.05, 0.1) is 12.8 Å². The average Bonchev–Trinajstić information content (AvgIpc) is 2.75. The topological polar surface area (TPSA) is 81.0 Å². The highest BCUT2D eigenvalue weighted by molar-refractivity contribution is 5.94. The van der Waals surface area contributed by atoms with Gasteiger partial charge in [0.1, 0.15) is 11.4 Å². The van der Waals surface area contributed by atoms with Gasteiger partial charge in [-0.3, -0.25) is 4.79 Å². The fraction of sp³-hybridized carbons (Fsp3) is 0.333. The molecule has 0 aliphatic heterocycles. The van der Waals surface area contributed by atoms with Crippen LogP contribution in [0.2, 0.25) is 0 Å². The highest BCUT2D eigenvalue weighted by Gasteiger charge is 2.12. The van der Waals surface area contributed by atoms with Gasteiger partial charge in [-0.1, -0.05) is 20.8 Å². The Morgan fingerprint density at radius 1 is 1.50 bits per heavy atom. The smallest absolute Gasteiger partial charge is 0.241 e. The van der Waals surface area contributed by atoms with Crippen LogP contribution in [0.5, 0.6) is 5.75 Å². The van der Waals surface area contributed by atoms with E-state index in [1.165, 1.54) is 6.08 Å². The summed E-state index contributed by atoms with van der Waals surface area (Å²) in [6.07, 6.45) is 6.46. The fourth-order valence-corrected chi connectivity index (χ4v) is 1.69. The third kappa shape index (κ3) is 3.60. The summed E-state index contributed by atoms with van der Waals surface area (Å²) in [5.74, 6) is 0.230. The first kappa shape index (κ1) is 14.1. The van der Waals surface area contributed by atoms with Crippen molar-refractivity contribution in [3.05, 3.63) is 30.1 Å². The van der Waals surface area contributed by atoms with Crippen molar-refractivity contribution in [1.29, 1.82) is 0 Å². The SMILES string of the molecule is CC(C)(C)COc1cnc2[nH]cc(C=CC(N)=O)c2c1. The van der Waals surface area contributed by atoms with Crippen molar-refractivity contribution in [3.8, 4) is 5.75 Å². The number of H-pyrrole nitrogens is 1. The highest BCUT2D eigenvalue weighted by Crippen LogP contribution is 2.24. The lowest BCUT2D eigenvalue weighted by molar-refractivity contribution is -0.113. The van der Waals surface area contributed by atoms with E-state index >= 15 is 0 Å². The third-order valence-electron chi connectivity index (χ3n) is 2.64. The summed E-state index contributed by atoms with van der Waals surface area (Å²) >= 11 is 0. The molecule has 2 rings (SSSR count). The van der Waals surface area contributed by atoms with Crippen LogP contribution in [0.1, 0.15) is 26.3 Å². The van der Waals surface area contributed by atoms with Gasteiger partial charge in [0.15, 0.2) is 0 Å². The molecule has 0 bridgehead atoms. The summed E-state index contributed by atoms with van der Waals surface area (Å²) in [5.41, 5.74) is 6.79. The van der Waals surface area contributed by atoms with Crippen molar-refractivity contribution < 1.29 is 9.53 Å². The molecule has 0 saturated heterocycles. The Kier molecular flexibility index (Phi) is 3.79. The monoisotopic (exact) mass is 273 g/mol. The first-order valence-corrected chi connectivity index (χ1v) is 6.43. The zero-order valence-electron chi connectivity index (χ0n) is 11.9. The molecule has 1 amide bonds. The van der Waals surface area contributed by atoms with Crippen molar-refractivity contribution in [2.75, 3.05) is 6.61 Å². The van der Waals surface area contributed by atoms with Crippen LogP contribution in [0, 0.1) is 5.41 Å². The van der Waals surface area contributed by atoms with Gasteiger partial charge < -0.3 is 15.5 Å². The zero-order valence-corrected chi connectivity index (χ0v) is 11.9. The maximum Gasteiger partial charge on any atom is 0.241 e. The number of nitrogens with one attached hydrogen (secondary N) is 1. The Labute approximate surface area is 117 Å². The van der Waals surface area contributed by atoms with Gasteiger partial charge in [0.2, 0.25) is 5.91 Å². The van der Waals surface area contributed by atoms with Crippen LogP contribution >= 0.6 is 0 Å². The molecule has 5 nitrogen and oxygen atoms in total. The number of ether oxygens (including phenoxy) is 1. The predicted molar refractivity (Wildman–Crippen MR) is 79.3 cm³/mol. The van der Waals surface area contributed by atoms with Crippen LogP contribution in [0.3, 0.4) is 0 Å². The minimum absolute atomic E-state index is 0.0851. The predicted octanol–water partition coefficient (Wildman–Crippen LogP) is 2.49. The van der Waals surface area contributed by atoms with Gasteiger partial charge in [-0.15, -0.1) is 0 Å². The molecule has 2 aromatic heterocycles. The van der Waals surface area contributed by atoms with Crippen molar-refractivity contribution in [2.24, 2.45) is 11.1 Å². The van der Waals surface area contributed by atoms with Crippen molar-refractivity contribution >= 4 is 23.0 Å². The second-order valence-corrected chi connectivity index (χ2v) is 5.90. The fourth-order valence-electron chi connectivity index (χ4n) is 1.69. The van der Waals surface area contributed by atoms with Crippen LogP contribution in [0.25, 0.3) is 17.1 Å². The molecule has 106 valence electrons. The lowest BCUT2D eigenvalue weighted by Gasteiger charge is -2.18. The Bertz CT molecular complexity index is 651. The highest BCUT2D eigenvalue weighted by atomic mass is 16.5. The molecule has 0 unspecified atom stereocenters. The summed E-state index contributed by atoms with van der Waals surface area (Å²) in [6, 6.07) is 1.91. The van der Waals surface area contributed by atoms with Crippen LogP contribution < -0.4 is 10.5 Å². The summed E-state index contributed by atoms with van der Waals surface area (Å²) in [6.45, 7) is 6.93. The number of carbonyl (C=O) groups is 1. The molecule has 20 heavy (non-hydrogen) atoms. The normalized spacial score (nSPS) is 12.2. The van der Waals surface area contributed by atoms with Gasteiger partial charge in [0.25, 0.3) is 0 Å². The molecule has 0 saturated carbocycles. The number of primary amides is 1. The number of amides is 1. The first-order chi connectivity index (χ1) is 9.35. The minimum Gasteiger partial charge on any atom is -0.491 e. The van der Waals surface area contributed by atoms with Gasteiger partial charge in [-0.05, 0) is 17.6 Å². The number of aromatic amines is 1. The Hall–Kier alpha value is -2.30. The average molecular weight is 273 g/mol. The van der Waals surface area contributed by atoms with Crippen LogP contribution in [-0.2, 0) is 4.79 Å². The standard InChI is InChI=1S/C15H19N3O2/c1-15(2,3)9-20-11-6-12-10(4-5-13(16)19)7-17-14(12)18-8-11/h4-8H,9H2,1-3H3,(H2,16,19)(H,17,18). The molecule has 2 heterocycles. The van der Waals surface area contributed by atoms with E-state index in [1.807, 2.05) is 6.07 Å².